The van der Waals surface area contributed by atoms with Crippen molar-refractivity contribution in [3.05, 3.63) is 4.88 Å². The van der Waals surface area contributed by atoms with Crippen LogP contribution in [-0.4, -0.2) is 34.7 Å². The molecule has 1 fully saturated rings. The molecule has 1 heterocycles. The first-order valence-electron chi connectivity index (χ1n) is 6.54. The number of nitrogens with two attached hydrogens (primary N) is 1. The molecule has 1 aliphatic carbocycles. The number of nitrogen functional groups attached to an aromatic ring is 1. The van der Waals surface area contributed by atoms with Gasteiger partial charge in [-0.3, -0.25) is 4.79 Å². The number of anilines is 2. The lowest BCUT2D eigenvalue weighted by atomic mass is 10.2. The van der Waals surface area contributed by atoms with Gasteiger partial charge in [-0.25, -0.2) is 4.98 Å². The molecule has 19 heavy (non-hydrogen) atoms. The number of thiazole rings is 1. The van der Waals surface area contributed by atoms with Gasteiger partial charge in [0.25, 0.3) is 5.91 Å². The van der Waals surface area contributed by atoms with Crippen LogP contribution in [0.1, 0.15) is 42.3 Å². The minimum atomic E-state index is -0.190. The maximum atomic E-state index is 12.0. The Hall–Kier alpha value is -1.34. The summed E-state index contributed by atoms with van der Waals surface area (Å²) in [5.41, 5.74) is 5.77. The Morgan fingerprint density at radius 2 is 2.37 bits per heavy atom. The summed E-state index contributed by atoms with van der Waals surface area (Å²) in [5, 5.41) is 15.6. The van der Waals surface area contributed by atoms with E-state index in [1.165, 1.54) is 11.3 Å². The van der Waals surface area contributed by atoms with Crippen molar-refractivity contribution in [3.8, 4) is 0 Å². The van der Waals surface area contributed by atoms with Crippen LogP contribution in [0.15, 0.2) is 0 Å². The molecule has 6 nitrogen and oxygen atoms in total. The number of carbonyl (C=O) groups is 1. The molecule has 2 rings (SSSR count). The average Bonchev–Trinajstić information content (AvgIpc) is 3.09. The van der Waals surface area contributed by atoms with E-state index < -0.39 is 0 Å². The number of hydrogen-bond donors (Lipinski definition) is 4. The van der Waals surface area contributed by atoms with Gasteiger partial charge < -0.3 is 21.5 Å². The van der Waals surface area contributed by atoms with Crippen LogP contribution in [-0.2, 0) is 0 Å². The van der Waals surface area contributed by atoms with Crippen LogP contribution in [0.2, 0.25) is 0 Å². The molecule has 0 saturated heterocycles. The van der Waals surface area contributed by atoms with E-state index in [4.69, 9.17) is 10.8 Å². The second-order valence-electron chi connectivity index (χ2n) is 4.89. The van der Waals surface area contributed by atoms with E-state index in [0.29, 0.717) is 22.5 Å². The van der Waals surface area contributed by atoms with Gasteiger partial charge in [0.2, 0.25) is 0 Å². The minimum absolute atomic E-state index is 0.0148. The lowest BCUT2D eigenvalue weighted by Crippen LogP contribution is -2.32. The number of carbonyl (C=O) groups excluding carboxylic acids is 1. The van der Waals surface area contributed by atoms with Crippen LogP contribution in [0.25, 0.3) is 0 Å². The van der Waals surface area contributed by atoms with Crippen molar-refractivity contribution in [2.75, 3.05) is 17.7 Å². The van der Waals surface area contributed by atoms with E-state index >= 15 is 0 Å². The van der Waals surface area contributed by atoms with Crippen molar-refractivity contribution >= 4 is 28.2 Å². The predicted molar refractivity (Wildman–Crippen MR) is 76.4 cm³/mol. The van der Waals surface area contributed by atoms with E-state index in [1.54, 1.807) is 0 Å². The summed E-state index contributed by atoms with van der Waals surface area (Å²) in [7, 11) is 0. The van der Waals surface area contributed by atoms with Crippen LogP contribution in [0.4, 0.5) is 10.9 Å². The van der Waals surface area contributed by atoms with Crippen LogP contribution >= 0.6 is 11.3 Å². The fraction of sp³-hybridized carbons (Fsp3) is 0.667. The van der Waals surface area contributed by atoms with E-state index in [-0.39, 0.29) is 24.4 Å². The molecule has 1 aliphatic rings. The monoisotopic (exact) mass is 284 g/mol. The zero-order valence-corrected chi connectivity index (χ0v) is 11.8. The first-order chi connectivity index (χ1) is 9.10. The van der Waals surface area contributed by atoms with Crippen molar-refractivity contribution in [1.29, 1.82) is 0 Å². The molecule has 0 aromatic carbocycles. The number of aliphatic hydroxyl groups excluding tert-OH is 1. The van der Waals surface area contributed by atoms with Crippen LogP contribution < -0.4 is 16.4 Å². The van der Waals surface area contributed by atoms with E-state index in [1.807, 2.05) is 6.92 Å². The molecule has 5 N–H and O–H groups in total. The zero-order chi connectivity index (χ0) is 13.8. The maximum absolute atomic E-state index is 12.0. The fourth-order valence-electron chi connectivity index (χ4n) is 1.72. The average molecular weight is 284 g/mol. The van der Waals surface area contributed by atoms with Gasteiger partial charge in [-0.2, -0.15) is 0 Å². The molecular weight excluding hydrogens is 264 g/mol. The molecule has 7 heteroatoms. The predicted octanol–water partition coefficient (Wildman–Crippen LogP) is 1.19. The number of nitrogens with zero attached hydrogens (tertiary/aromatic N) is 1. The van der Waals surface area contributed by atoms with Crippen LogP contribution in [0.5, 0.6) is 0 Å². The smallest absolute Gasteiger partial charge is 0.265 e. The summed E-state index contributed by atoms with van der Waals surface area (Å²) in [6.45, 7) is 2.05. The Balaban J connectivity index is 1.91. The highest BCUT2D eigenvalue weighted by atomic mass is 32.1. The van der Waals surface area contributed by atoms with Crippen molar-refractivity contribution in [2.24, 2.45) is 0 Å². The molecule has 0 aliphatic heterocycles. The van der Waals surface area contributed by atoms with Crippen LogP contribution in [0, 0.1) is 0 Å². The van der Waals surface area contributed by atoms with E-state index in [0.717, 1.165) is 19.3 Å². The second kappa shape index (κ2) is 6.21. The number of nitrogens with one attached hydrogen (secondary N) is 2. The SMILES string of the molecule is CC(CCCO)NC(=O)c1sc(NC2CC2)nc1N. The Bertz CT molecular complexity index is 445. The topological polar surface area (TPSA) is 100 Å². The summed E-state index contributed by atoms with van der Waals surface area (Å²) in [6, 6.07) is 0.505. The summed E-state index contributed by atoms with van der Waals surface area (Å²) < 4.78 is 0. The number of aromatic nitrogens is 1. The van der Waals surface area contributed by atoms with E-state index in [9.17, 15) is 4.79 Å². The first-order valence-corrected chi connectivity index (χ1v) is 7.36. The van der Waals surface area contributed by atoms with Gasteiger partial charge in [0.05, 0.1) is 0 Å². The van der Waals surface area contributed by atoms with Gasteiger partial charge in [-0.05, 0) is 32.6 Å². The van der Waals surface area contributed by atoms with Gasteiger partial charge in [0, 0.05) is 18.7 Å². The number of hydrogen-bond acceptors (Lipinski definition) is 6. The molecule has 1 amide bonds. The van der Waals surface area contributed by atoms with Gasteiger partial charge in [-0.15, -0.1) is 0 Å². The van der Waals surface area contributed by atoms with Crippen molar-refractivity contribution in [3.63, 3.8) is 0 Å². The molecule has 1 unspecified atom stereocenters. The molecular formula is C12H20N4O2S. The van der Waals surface area contributed by atoms with Gasteiger partial charge in [0.15, 0.2) is 5.13 Å². The summed E-state index contributed by atoms with van der Waals surface area (Å²) in [5.74, 6) is 0.0873. The quantitative estimate of drug-likeness (QED) is 0.602. The first kappa shape index (κ1) is 14.1. The zero-order valence-electron chi connectivity index (χ0n) is 11.0. The molecule has 0 spiro atoms. The highest BCUT2D eigenvalue weighted by molar-refractivity contribution is 7.18. The number of aliphatic hydroxyl groups is 1. The summed E-state index contributed by atoms with van der Waals surface area (Å²) in [6.07, 6.45) is 3.72. The third kappa shape index (κ3) is 4.07. The van der Waals surface area contributed by atoms with Gasteiger partial charge >= 0.3 is 0 Å². The Kier molecular flexibility index (Phi) is 4.60. The highest BCUT2D eigenvalue weighted by Gasteiger charge is 2.24. The maximum Gasteiger partial charge on any atom is 0.265 e. The molecule has 1 aromatic rings. The van der Waals surface area contributed by atoms with Gasteiger partial charge in [0.1, 0.15) is 10.7 Å². The second-order valence-corrected chi connectivity index (χ2v) is 5.89. The van der Waals surface area contributed by atoms with Crippen molar-refractivity contribution < 1.29 is 9.90 Å². The third-order valence-corrected chi connectivity index (χ3v) is 3.94. The molecule has 0 bridgehead atoms. The number of rotatable bonds is 7. The molecule has 1 aromatic heterocycles. The number of amides is 1. The largest absolute Gasteiger partial charge is 0.396 e. The normalized spacial score (nSPS) is 16.1. The Morgan fingerprint density at radius 1 is 1.63 bits per heavy atom. The van der Waals surface area contributed by atoms with Crippen molar-refractivity contribution in [1.82, 2.24) is 10.3 Å². The Labute approximate surface area is 116 Å². The molecule has 1 saturated carbocycles. The lowest BCUT2D eigenvalue weighted by Gasteiger charge is -2.12. The summed E-state index contributed by atoms with van der Waals surface area (Å²) >= 11 is 1.29. The Morgan fingerprint density at radius 3 is 3.00 bits per heavy atom. The third-order valence-electron chi connectivity index (χ3n) is 2.94. The fourth-order valence-corrected chi connectivity index (χ4v) is 2.58. The van der Waals surface area contributed by atoms with E-state index in [2.05, 4.69) is 15.6 Å². The van der Waals surface area contributed by atoms with Crippen LogP contribution in [0.3, 0.4) is 0 Å². The molecule has 106 valence electrons. The highest BCUT2D eigenvalue weighted by Crippen LogP contribution is 2.30. The van der Waals surface area contributed by atoms with Gasteiger partial charge in [-0.1, -0.05) is 11.3 Å². The molecule has 0 radical (unpaired) electrons. The lowest BCUT2D eigenvalue weighted by molar-refractivity contribution is 0.0941. The summed E-state index contributed by atoms with van der Waals surface area (Å²) in [4.78, 5) is 16.7. The molecule has 1 atom stereocenters. The standard InChI is InChI=1S/C12H20N4O2S/c1-7(3-2-6-17)14-11(18)9-10(13)16-12(19-9)15-8-4-5-8/h7-8,17H,2-6,13H2,1H3,(H,14,18)(H,15,16). The minimum Gasteiger partial charge on any atom is -0.396 e. The van der Waals surface area contributed by atoms with Crippen molar-refractivity contribution in [2.45, 2.75) is 44.7 Å².